The lowest BCUT2D eigenvalue weighted by Crippen LogP contribution is -2.26. The van der Waals surface area contributed by atoms with Crippen molar-refractivity contribution in [1.29, 1.82) is 0 Å². The maximum Gasteiger partial charge on any atom is 0.328 e. The van der Waals surface area contributed by atoms with E-state index in [0.717, 1.165) is 32.1 Å². The van der Waals surface area contributed by atoms with Crippen molar-refractivity contribution in [2.45, 2.75) is 18.9 Å². The van der Waals surface area contributed by atoms with Gasteiger partial charge in [0.05, 0.1) is 6.10 Å². The highest BCUT2D eigenvalue weighted by Gasteiger charge is 2.13. The lowest BCUT2D eigenvalue weighted by atomic mass is 10.2. The Bertz CT molecular complexity index is 185. The van der Waals surface area contributed by atoms with Crippen molar-refractivity contribution in [2.24, 2.45) is 0 Å². The van der Waals surface area contributed by atoms with Crippen LogP contribution in [0.2, 0.25) is 0 Å². The van der Waals surface area contributed by atoms with Crippen molar-refractivity contribution < 1.29 is 14.6 Å². The topological polar surface area (TPSA) is 58.6 Å². The first-order valence-electron chi connectivity index (χ1n) is 4.51. The highest BCUT2D eigenvalue weighted by Crippen LogP contribution is 2.10. The third kappa shape index (κ3) is 4.65. The Kier molecular flexibility index (Phi) is 4.49. The third-order valence-corrected chi connectivity index (χ3v) is 1.92. The molecule has 0 aliphatic carbocycles. The average Bonchev–Trinajstić information content (AvgIpc) is 2.55. The standard InChI is InChI=1S/C9H15NO3/c11-9(12)4-1-5-10-7-8-3-2-6-13-8/h1,4,8,10H,2-3,5-7H2,(H,11,12)/b4-1+. The molecule has 0 aromatic rings. The lowest BCUT2D eigenvalue weighted by Gasteiger charge is -2.08. The van der Waals surface area contributed by atoms with Crippen LogP contribution in [-0.2, 0) is 9.53 Å². The van der Waals surface area contributed by atoms with Gasteiger partial charge in [-0.2, -0.15) is 0 Å². The van der Waals surface area contributed by atoms with Gasteiger partial charge in [0.1, 0.15) is 0 Å². The quantitative estimate of drug-likeness (QED) is 0.480. The molecule has 1 aliphatic heterocycles. The fourth-order valence-electron chi connectivity index (χ4n) is 1.29. The SMILES string of the molecule is O=C(O)/C=C/CNCC1CCCO1. The zero-order valence-corrected chi connectivity index (χ0v) is 7.53. The molecule has 0 bridgehead atoms. The second-order valence-electron chi connectivity index (χ2n) is 3.03. The van der Waals surface area contributed by atoms with Gasteiger partial charge in [-0.25, -0.2) is 4.79 Å². The molecule has 1 rings (SSSR count). The predicted octanol–water partition coefficient (Wildman–Crippen LogP) is 0.396. The summed E-state index contributed by atoms with van der Waals surface area (Å²) in [7, 11) is 0. The first-order chi connectivity index (χ1) is 6.29. The van der Waals surface area contributed by atoms with Crippen LogP contribution in [0.25, 0.3) is 0 Å². The average molecular weight is 185 g/mol. The Morgan fingerprint density at radius 2 is 2.54 bits per heavy atom. The molecule has 0 spiro atoms. The molecule has 1 fully saturated rings. The molecule has 1 saturated heterocycles. The van der Waals surface area contributed by atoms with E-state index in [-0.39, 0.29) is 0 Å². The van der Waals surface area contributed by atoms with Crippen molar-refractivity contribution in [3.05, 3.63) is 12.2 Å². The Morgan fingerprint density at radius 1 is 1.69 bits per heavy atom. The molecule has 0 saturated carbocycles. The second kappa shape index (κ2) is 5.72. The highest BCUT2D eigenvalue weighted by molar-refractivity contribution is 5.79. The molecular weight excluding hydrogens is 170 g/mol. The van der Waals surface area contributed by atoms with Crippen molar-refractivity contribution in [3.63, 3.8) is 0 Å². The Balaban J connectivity index is 1.97. The number of rotatable bonds is 5. The van der Waals surface area contributed by atoms with Crippen LogP contribution in [-0.4, -0.2) is 36.9 Å². The largest absolute Gasteiger partial charge is 0.478 e. The first kappa shape index (κ1) is 10.2. The van der Waals surface area contributed by atoms with E-state index in [1.807, 2.05) is 0 Å². The molecule has 4 nitrogen and oxygen atoms in total. The van der Waals surface area contributed by atoms with E-state index in [4.69, 9.17) is 9.84 Å². The summed E-state index contributed by atoms with van der Waals surface area (Å²) < 4.78 is 5.38. The van der Waals surface area contributed by atoms with Crippen molar-refractivity contribution in [2.75, 3.05) is 19.7 Å². The monoisotopic (exact) mass is 185 g/mol. The molecular formula is C9H15NO3. The minimum Gasteiger partial charge on any atom is -0.478 e. The number of carboxylic acids is 1. The molecule has 13 heavy (non-hydrogen) atoms. The zero-order valence-electron chi connectivity index (χ0n) is 7.53. The molecule has 2 N–H and O–H groups in total. The number of carboxylic acid groups (broad SMARTS) is 1. The van der Waals surface area contributed by atoms with E-state index in [0.29, 0.717) is 12.6 Å². The minimum atomic E-state index is -0.904. The van der Waals surface area contributed by atoms with Crippen LogP contribution < -0.4 is 5.32 Å². The van der Waals surface area contributed by atoms with E-state index in [1.165, 1.54) is 0 Å². The van der Waals surface area contributed by atoms with Crippen molar-refractivity contribution >= 4 is 5.97 Å². The van der Waals surface area contributed by atoms with Crippen LogP contribution in [0.5, 0.6) is 0 Å². The smallest absolute Gasteiger partial charge is 0.328 e. The summed E-state index contributed by atoms with van der Waals surface area (Å²) in [5.74, 6) is -0.904. The van der Waals surface area contributed by atoms with Gasteiger partial charge in [-0.3, -0.25) is 0 Å². The lowest BCUT2D eigenvalue weighted by molar-refractivity contribution is -0.131. The van der Waals surface area contributed by atoms with Gasteiger partial charge in [0.2, 0.25) is 0 Å². The van der Waals surface area contributed by atoms with Gasteiger partial charge in [0.15, 0.2) is 0 Å². The molecule has 4 heteroatoms. The first-order valence-corrected chi connectivity index (χ1v) is 4.51. The normalized spacial score (nSPS) is 22.6. The number of carbonyl (C=O) groups is 1. The molecule has 74 valence electrons. The molecule has 1 aliphatic rings. The van der Waals surface area contributed by atoms with Gasteiger partial charge in [0.25, 0.3) is 0 Å². The van der Waals surface area contributed by atoms with Gasteiger partial charge >= 0.3 is 5.97 Å². The fraction of sp³-hybridized carbons (Fsp3) is 0.667. The summed E-state index contributed by atoms with van der Waals surface area (Å²) in [5.41, 5.74) is 0. The molecule has 0 amide bonds. The molecule has 0 aromatic heterocycles. The summed E-state index contributed by atoms with van der Waals surface area (Å²) in [6.45, 7) is 2.26. The van der Waals surface area contributed by atoms with Gasteiger partial charge in [0, 0.05) is 25.8 Å². The number of aliphatic carboxylic acids is 1. The molecule has 0 radical (unpaired) electrons. The summed E-state index contributed by atoms with van der Waals surface area (Å²) in [6.07, 6.45) is 5.30. The number of hydrogen-bond acceptors (Lipinski definition) is 3. The number of ether oxygens (including phenoxy) is 1. The molecule has 0 aromatic carbocycles. The van der Waals surface area contributed by atoms with Crippen LogP contribution in [0, 0.1) is 0 Å². The Hall–Kier alpha value is -0.870. The van der Waals surface area contributed by atoms with Gasteiger partial charge < -0.3 is 15.2 Å². The van der Waals surface area contributed by atoms with E-state index in [2.05, 4.69) is 5.32 Å². The third-order valence-electron chi connectivity index (χ3n) is 1.92. The van der Waals surface area contributed by atoms with Gasteiger partial charge in [-0.05, 0) is 12.8 Å². The molecule has 1 heterocycles. The van der Waals surface area contributed by atoms with Crippen LogP contribution >= 0.6 is 0 Å². The summed E-state index contributed by atoms with van der Waals surface area (Å²) >= 11 is 0. The van der Waals surface area contributed by atoms with Crippen LogP contribution in [0.4, 0.5) is 0 Å². The number of hydrogen-bond donors (Lipinski definition) is 2. The zero-order chi connectivity index (χ0) is 9.52. The maximum atomic E-state index is 10.1. The summed E-state index contributed by atoms with van der Waals surface area (Å²) in [6, 6.07) is 0. The molecule has 1 atom stereocenters. The highest BCUT2D eigenvalue weighted by atomic mass is 16.5. The maximum absolute atomic E-state index is 10.1. The van der Waals surface area contributed by atoms with Gasteiger partial charge in [-0.1, -0.05) is 6.08 Å². The van der Waals surface area contributed by atoms with E-state index < -0.39 is 5.97 Å². The Labute approximate surface area is 77.6 Å². The van der Waals surface area contributed by atoms with Crippen LogP contribution in [0.15, 0.2) is 12.2 Å². The van der Waals surface area contributed by atoms with E-state index in [9.17, 15) is 4.79 Å². The summed E-state index contributed by atoms with van der Waals surface area (Å²) in [4.78, 5) is 10.1. The van der Waals surface area contributed by atoms with E-state index in [1.54, 1.807) is 6.08 Å². The Morgan fingerprint density at radius 3 is 3.15 bits per heavy atom. The van der Waals surface area contributed by atoms with Crippen LogP contribution in [0.1, 0.15) is 12.8 Å². The minimum absolute atomic E-state index is 0.318. The number of nitrogens with one attached hydrogen (secondary N) is 1. The fourth-order valence-corrected chi connectivity index (χ4v) is 1.29. The van der Waals surface area contributed by atoms with E-state index >= 15 is 0 Å². The van der Waals surface area contributed by atoms with Crippen LogP contribution in [0.3, 0.4) is 0 Å². The van der Waals surface area contributed by atoms with Crippen molar-refractivity contribution in [3.8, 4) is 0 Å². The second-order valence-corrected chi connectivity index (χ2v) is 3.03. The van der Waals surface area contributed by atoms with Crippen molar-refractivity contribution in [1.82, 2.24) is 5.32 Å². The molecule has 1 unspecified atom stereocenters. The van der Waals surface area contributed by atoms with Gasteiger partial charge in [-0.15, -0.1) is 0 Å². The summed E-state index contributed by atoms with van der Waals surface area (Å²) in [5, 5.41) is 11.4. The predicted molar refractivity (Wildman–Crippen MR) is 48.6 cm³/mol.